The number of halogens is 2. The number of carbonyl (C=O) groups is 1. The van der Waals surface area contributed by atoms with Gasteiger partial charge in [-0.05, 0) is 90.3 Å². The van der Waals surface area contributed by atoms with Crippen LogP contribution in [0.5, 0.6) is 5.75 Å². The number of anilines is 1. The van der Waals surface area contributed by atoms with Crippen LogP contribution in [0.2, 0.25) is 10.0 Å². The molecular weight excluding hydrogens is 559 g/mol. The summed E-state index contributed by atoms with van der Waals surface area (Å²) in [5.41, 5.74) is 4.57. The van der Waals surface area contributed by atoms with Crippen LogP contribution in [-0.4, -0.2) is 12.1 Å². The van der Waals surface area contributed by atoms with Gasteiger partial charge in [0.25, 0.3) is 5.91 Å². The Kier molecular flexibility index (Phi) is 8.65. The van der Waals surface area contributed by atoms with Gasteiger partial charge in [0.1, 0.15) is 17.4 Å². The first-order valence-corrected chi connectivity index (χ1v) is 15.0. The van der Waals surface area contributed by atoms with Gasteiger partial charge in [-0.1, -0.05) is 68.2 Å². The van der Waals surface area contributed by atoms with Gasteiger partial charge in [0, 0.05) is 32.4 Å². The van der Waals surface area contributed by atoms with E-state index in [4.69, 9.17) is 32.9 Å². The van der Waals surface area contributed by atoms with Crippen molar-refractivity contribution in [2.45, 2.75) is 46.6 Å². The van der Waals surface area contributed by atoms with Crippen molar-refractivity contribution < 1.29 is 9.53 Å². The predicted octanol–water partition coefficient (Wildman–Crippen LogP) is 9.79. The van der Waals surface area contributed by atoms with Crippen molar-refractivity contribution >= 4 is 57.3 Å². The zero-order valence-electron chi connectivity index (χ0n) is 22.8. The highest BCUT2D eigenvalue weighted by molar-refractivity contribution is 7.16. The molecule has 0 aliphatic heterocycles. The van der Waals surface area contributed by atoms with Gasteiger partial charge in [-0.3, -0.25) is 4.79 Å². The highest BCUT2D eigenvalue weighted by Crippen LogP contribution is 2.45. The summed E-state index contributed by atoms with van der Waals surface area (Å²) in [6.45, 7) is 7.30. The Balaban J connectivity index is 1.44. The van der Waals surface area contributed by atoms with Crippen molar-refractivity contribution in [2.75, 3.05) is 5.32 Å². The number of benzene rings is 3. The molecule has 0 radical (unpaired) electrons. The summed E-state index contributed by atoms with van der Waals surface area (Å²) in [7, 11) is 0. The number of ether oxygens (including phenoxy) is 1. The molecule has 4 nitrogen and oxygen atoms in total. The Morgan fingerprint density at radius 1 is 1.02 bits per heavy atom. The molecule has 40 heavy (non-hydrogen) atoms. The van der Waals surface area contributed by atoms with Gasteiger partial charge < -0.3 is 10.1 Å². The second-order valence-corrected chi connectivity index (χ2v) is 13.1. The largest absolute Gasteiger partial charge is 0.488 e. The van der Waals surface area contributed by atoms with Crippen LogP contribution in [0.3, 0.4) is 0 Å². The second-order valence-electron chi connectivity index (χ2n) is 11.2. The molecule has 206 valence electrons. The number of para-hydroxylation sites is 1. The van der Waals surface area contributed by atoms with E-state index in [1.165, 1.54) is 4.88 Å². The number of hydrogen-bond donors (Lipinski definition) is 1. The van der Waals surface area contributed by atoms with Crippen LogP contribution in [0.25, 0.3) is 0 Å². The molecule has 0 saturated carbocycles. The lowest BCUT2D eigenvalue weighted by atomic mass is 9.72. The average molecular weight is 592 g/mol. The average Bonchev–Trinajstić information content (AvgIpc) is 3.30. The van der Waals surface area contributed by atoms with E-state index in [0.29, 0.717) is 33.8 Å². The van der Waals surface area contributed by atoms with Crippen molar-refractivity contribution in [1.82, 2.24) is 0 Å². The van der Waals surface area contributed by atoms with Gasteiger partial charge in [0.2, 0.25) is 0 Å². The van der Waals surface area contributed by atoms with E-state index in [0.717, 1.165) is 46.7 Å². The van der Waals surface area contributed by atoms with Gasteiger partial charge >= 0.3 is 0 Å². The van der Waals surface area contributed by atoms with Crippen LogP contribution in [0.15, 0.2) is 77.8 Å². The zero-order chi connectivity index (χ0) is 28.3. The van der Waals surface area contributed by atoms with Gasteiger partial charge in [-0.2, -0.15) is 0 Å². The number of rotatable bonds is 7. The maximum Gasteiger partial charge on any atom is 0.259 e. The predicted molar refractivity (Wildman–Crippen MR) is 168 cm³/mol. The smallest absolute Gasteiger partial charge is 0.259 e. The van der Waals surface area contributed by atoms with E-state index in [1.807, 2.05) is 60.7 Å². The molecule has 1 atom stereocenters. The minimum Gasteiger partial charge on any atom is -0.488 e. The van der Waals surface area contributed by atoms with Crippen molar-refractivity contribution in [3.8, 4) is 5.75 Å². The summed E-state index contributed by atoms with van der Waals surface area (Å²) in [6, 6.07) is 22.6. The summed E-state index contributed by atoms with van der Waals surface area (Å²) in [6.07, 6.45) is 4.68. The van der Waals surface area contributed by atoms with Gasteiger partial charge in [-0.25, -0.2) is 4.99 Å². The van der Waals surface area contributed by atoms with Crippen molar-refractivity contribution in [1.29, 1.82) is 0 Å². The van der Waals surface area contributed by atoms with Crippen LogP contribution in [-0.2, 0) is 19.4 Å². The molecule has 0 bridgehead atoms. The monoisotopic (exact) mass is 590 g/mol. The lowest BCUT2D eigenvalue weighted by Gasteiger charge is -2.33. The second kappa shape index (κ2) is 12.2. The Hall–Kier alpha value is -3.12. The topological polar surface area (TPSA) is 50.7 Å². The molecule has 1 heterocycles. The summed E-state index contributed by atoms with van der Waals surface area (Å²) >= 11 is 13.7. The van der Waals surface area contributed by atoms with E-state index in [-0.39, 0.29) is 11.3 Å². The van der Waals surface area contributed by atoms with E-state index in [9.17, 15) is 4.79 Å². The lowest BCUT2D eigenvalue weighted by molar-refractivity contribution is 0.102. The fraction of sp³-hybridized carbons (Fsp3) is 0.273. The molecule has 0 saturated heterocycles. The Morgan fingerprint density at radius 3 is 2.40 bits per heavy atom. The number of thiophene rings is 1. The van der Waals surface area contributed by atoms with E-state index >= 15 is 0 Å². The minimum atomic E-state index is -0.145. The van der Waals surface area contributed by atoms with E-state index in [1.54, 1.807) is 29.7 Å². The lowest BCUT2D eigenvalue weighted by Crippen LogP contribution is -2.27. The molecule has 1 amide bonds. The van der Waals surface area contributed by atoms with E-state index < -0.39 is 0 Å². The maximum atomic E-state index is 13.6. The van der Waals surface area contributed by atoms with Crippen LogP contribution in [0.1, 0.15) is 59.1 Å². The van der Waals surface area contributed by atoms with E-state index in [2.05, 4.69) is 26.1 Å². The number of carbonyl (C=O) groups excluding carboxylic acids is 1. The Bertz CT molecular complexity index is 1520. The first-order chi connectivity index (χ1) is 19.2. The highest BCUT2D eigenvalue weighted by atomic mass is 35.5. The normalized spacial score (nSPS) is 15.2. The quantitative estimate of drug-likeness (QED) is 0.218. The van der Waals surface area contributed by atoms with Gasteiger partial charge in [0.15, 0.2) is 0 Å². The molecule has 0 spiro atoms. The fourth-order valence-corrected chi connectivity index (χ4v) is 6.47. The molecule has 3 aromatic carbocycles. The maximum absolute atomic E-state index is 13.6. The molecule has 5 rings (SSSR count). The summed E-state index contributed by atoms with van der Waals surface area (Å²) in [5.74, 6) is 1.14. The van der Waals surface area contributed by atoms with Gasteiger partial charge in [0.05, 0.1) is 5.56 Å². The summed E-state index contributed by atoms with van der Waals surface area (Å²) in [5, 5.41) is 5.10. The van der Waals surface area contributed by atoms with Crippen LogP contribution < -0.4 is 10.1 Å². The Morgan fingerprint density at radius 2 is 1.70 bits per heavy atom. The Labute approximate surface area is 250 Å². The highest BCUT2D eigenvalue weighted by Gasteiger charge is 2.33. The fourth-order valence-electron chi connectivity index (χ4n) is 4.95. The van der Waals surface area contributed by atoms with Crippen molar-refractivity contribution in [3.63, 3.8) is 0 Å². The molecule has 7 heteroatoms. The third kappa shape index (κ3) is 6.77. The molecule has 1 aromatic heterocycles. The molecule has 4 aromatic rings. The third-order valence-electron chi connectivity index (χ3n) is 7.35. The summed E-state index contributed by atoms with van der Waals surface area (Å²) < 4.78 is 6.13. The van der Waals surface area contributed by atoms with Gasteiger partial charge in [-0.15, -0.1) is 11.3 Å². The number of fused-ring (bicyclic) bond motifs is 1. The number of hydrogen-bond acceptors (Lipinski definition) is 4. The molecule has 1 aliphatic rings. The van der Waals surface area contributed by atoms with Crippen molar-refractivity contribution in [2.24, 2.45) is 16.3 Å². The van der Waals surface area contributed by atoms with Crippen LogP contribution in [0, 0.1) is 11.3 Å². The van der Waals surface area contributed by atoms with Crippen LogP contribution in [0.4, 0.5) is 10.7 Å². The zero-order valence-corrected chi connectivity index (χ0v) is 25.2. The number of amides is 1. The number of nitrogens with one attached hydrogen (secondary N) is 1. The molecule has 1 aliphatic carbocycles. The molecular formula is C33H32Cl2N2O2S. The molecule has 1 N–H and O–H groups in total. The van der Waals surface area contributed by atoms with Crippen LogP contribution >= 0.6 is 34.5 Å². The SMILES string of the molecule is CC(C)(C)[C@H]1CCc2c(sc(N=Cc3ccccc3OCc3ccc(Cl)cc3)c2C(=O)Nc2ccc(Cl)cc2)C1. The minimum absolute atomic E-state index is 0.145. The number of aliphatic imine (C=N–C) groups is 1. The first kappa shape index (κ1) is 28.4. The van der Waals surface area contributed by atoms with Crippen molar-refractivity contribution in [3.05, 3.63) is 110 Å². The standard InChI is InChI=1S/C33H32Cl2N2O2S/c1-33(2,3)23-10-17-27-29(18-23)40-32(30(27)31(38)37-26-15-13-25(35)14-16-26)36-19-22-6-4-5-7-28(22)39-20-21-8-11-24(34)12-9-21/h4-9,11-16,19,23H,10,17-18,20H2,1-3H3,(H,37,38)/t23-/m0/s1. The summed E-state index contributed by atoms with van der Waals surface area (Å²) in [4.78, 5) is 19.8. The first-order valence-electron chi connectivity index (χ1n) is 13.4. The third-order valence-corrected chi connectivity index (χ3v) is 9.01. The number of nitrogens with zero attached hydrogens (tertiary/aromatic N) is 1. The molecule has 0 unspecified atom stereocenters. The molecule has 0 fully saturated rings.